The molecule has 0 fully saturated rings. The highest BCUT2D eigenvalue weighted by atomic mass is 16.5. The summed E-state index contributed by atoms with van der Waals surface area (Å²) < 4.78 is 21.8. The summed E-state index contributed by atoms with van der Waals surface area (Å²) in [5, 5.41) is 5.19. The number of benzene rings is 1. The second-order valence-corrected chi connectivity index (χ2v) is 7.74. The first-order valence-corrected chi connectivity index (χ1v) is 11.1. The molecule has 3 heterocycles. The first kappa shape index (κ1) is 23.8. The summed E-state index contributed by atoms with van der Waals surface area (Å²) in [5.41, 5.74) is 1.12. The SMILES string of the molecule is CCOC(=O)C1=C(COC(=O)CCc2ncc(-c3ccccc3)o2)NC(=O)N[C@H]1c1ccc(C)o1. The van der Waals surface area contributed by atoms with E-state index in [2.05, 4.69) is 15.6 Å². The quantitative estimate of drug-likeness (QED) is 0.445. The van der Waals surface area contributed by atoms with Crippen molar-refractivity contribution in [3.05, 3.63) is 77.3 Å². The first-order valence-electron chi connectivity index (χ1n) is 11.1. The van der Waals surface area contributed by atoms with E-state index in [1.54, 1.807) is 32.2 Å². The summed E-state index contributed by atoms with van der Waals surface area (Å²) in [6.07, 6.45) is 1.84. The van der Waals surface area contributed by atoms with Gasteiger partial charge in [0.2, 0.25) is 0 Å². The zero-order chi connectivity index (χ0) is 24.8. The average Bonchev–Trinajstić information content (AvgIpc) is 3.51. The fourth-order valence-corrected chi connectivity index (χ4v) is 3.60. The van der Waals surface area contributed by atoms with Gasteiger partial charge in [-0.25, -0.2) is 14.6 Å². The van der Waals surface area contributed by atoms with Crippen molar-refractivity contribution in [1.82, 2.24) is 15.6 Å². The van der Waals surface area contributed by atoms with Crippen molar-refractivity contribution < 1.29 is 32.7 Å². The molecule has 1 aromatic carbocycles. The molecular formula is C25H25N3O7. The fraction of sp³-hybridized carbons (Fsp3) is 0.280. The van der Waals surface area contributed by atoms with Crippen molar-refractivity contribution in [3.63, 3.8) is 0 Å². The van der Waals surface area contributed by atoms with Gasteiger partial charge in [-0.2, -0.15) is 0 Å². The highest BCUT2D eigenvalue weighted by Crippen LogP contribution is 2.29. The van der Waals surface area contributed by atoms with Gasteiger partial charge < -0.3 is 28.9 Å². The lowest BCUT2D eigenvalue weighted by Crippen LogP contribution is -2.47. The van der Waals surface area contributed by atoms with Crippen molar-refractivity contribution in [2.45, 2.75) is 32.7 Å². The summed E-state index contributed by atoms with van der Waals surface area (Å²) >= 11 is 0. The molecule has 0 saturated heterocycles. The van der Waals surface area contributed by atoms with E-state index in [1.807, 2.05) is 30.3 Å². The van der Waals surface area contributed by atoms with E-state index < -0.39 is 24.0 Å². The van der Waals surface area contributed by atoms with Crippen LogP contribution in [-0.2, 0) is 25.5 Å². The van der Waals surface area contributed by atoms with Gasteiger partial charge in [0.15, 0.2) is 11.7 Å². The van der Waals surface area contributed by atoms with Gasteiger partial charge in [0, 0.05) is 12.0 Å². The van der Waals surface area contributed by atoms with Crippen molar-refractivity contribution >= 4 is 18.0 Å². The van der Waals surface area contributed by atoms with E-state index >= 15 is 0 Å². The second-order valence-electron chi connectivity index (χ2n) is 7.74. The Kier molecular flexibility index (Phi) is 7.30. The topological polar surface area (TPSA) is 133 Å². The maximum atomic E-state index is 12.7. The lowest BCUT2D eigenvalue weighted by atomic mass is 10.0. The number of ether oxygens (including phenoxy) is 2. The predicted octanol–water partition coefficient (Wildman–Crippen LogP) is 3.59. The summed E-state index contributed by atoms with van der Waals surface area (Å²) in [5.74, 6) is 0.787. The molecule has 0 bridgehead atoms. The largest absolute Gasteiger partial charge is 0.464 e. The van der Waals surface area contributed by atoms with Gasteiger partial charge in [-0.15, -0.1) is 0 Å². The number of furan rings is 1. The number of carbonyl (C=O) groups excluding carboxylic acids is 3. The Morgan fingerprint density at radius 1 is 1.09 bits per heavy atom. The van der Waals surface area contributed by atoms with Crippen LogP contribution in [0.5, 0.6) is 0 Å². The maximum Gasteiger partial charge on any atom is 0.338 e. The predicted molar refractivity (Wildman–Crippen MR) is 123 cm³/mol. The number of carbonyl (C=O) groups is 3. The van der Waals surface area contributed by atoms with Crippen LogP contribution in [-0.4, -0.2) is 36.2 Å². The molecule has 1 atom stereocenters. The van der Waals surface area contributed by atoms with Gasteiger partial charge in [0.05, 0.1) is 30.5 Å². The molecule has 3 aromatic rings. The normalized spacial score (nSPS) is 15.4. The van der Waals surface area contributed by atoms with Crippen LogP contribution in [0, 0.1) is 6.92 Å². The van der Waals surface area contributed by atoms with Crippen LogP contribution >= 0.6 is 0 Å². The van der Waals surface area contributed by atoms with E-state index in [1.165, 1.54) is 0 Å². The van der Waals surface area contributed by atoms with Crippen molar-refractivity contribution in [1.29, 1.82) is 0 Å². The summed E-state index contributed by atoms with van der Waals surface area (Å²) in [6, 6.07) is 11.4. The van der Waals surface area contributed by atoms with Crippen molar-refractivity contribution in [2.75, 3.05) is 13.2 Å². The third-order valence-corrected chi connectivity index (χ3v) is 5.23. The molecule has 182 valence electrons. The van der Waals surface area contributed by atoms with E-state index in [-0.39, 0.29) is 37.3 Å². The fourth-order valence-electron chi connectivity index (χ4n) is 3.60. The Labute approximate surface area is 201 Å². The lowest BCUT2D eigenvalue weighted by Gasteiger charge is -2.27. The molecular weight excluding hydrogens is 454 g/mol. The van der Waals surface area contributed by atoms with Crippen molar-refractivity contribution in [2.24, 2.45) is 0 Å². The number of esters is 2. The Hall–Kier alpha value is -4.34. The number of aromatic nitrogens is 1. The first-order chi connectivity index (χ1) is 16.9. The third-order valence-electron chi connectivity index (χ3n) is 5.23. The van der Waals surface area contributed by atoms with E-state index in [9.17, 15) is 14.4 Å². The molecule has 1 aliphatic heterocycles. The third kappa shape index (κ3) is 5.78. The molecule has 2 N–H and O–H groups in total. The van der Waals surface area contributed by atoms with Crippen LogP contribution in [0.15, 0.2) is 68.8 Å². The number of rotatable bonds is 9. The molecule has 1 aliphatic rings. The monoisotopic (exact) mass is 479 g/mol. The molecule has 0 saturated carbocycles. The molecule has 2 amide bonds. The summed E-state index contributed by atoms with van der Waals surface area (Å²) in [6.45, 7) is 3.23. The Bertz CT molecular complexity index is 1240. The number of hydrogen-bond acceptors (Lipinski definition) is 8. The number of amides is 2. The molecule has 10 heteroatoms. The Morgan fingerprint density at radius 3 is 2.60 bits per heavy atom. The molecule has 10 nitrogen and oxygen atoms in total. The van der Waals surface area contributed by atoms with Crippen LogP contribution in [0.4, 0.5) is 4.79 Å². The van der Waals surface area contributed by atoms with Crippen LogP contribution in [0.3, 0.4) is 0 Å². The van der Waals surface area contributed by atoms with Crippen LogP contribution < -0.4 is 10.6 Å². The second kappa shape index (κ2) is 10.7. The number of nitrogens with zero attached hydrogens (tertiary/aromatic N) is 1. The molecule has 0 unspecified atom stereocenters. The average molecular weight is 479 g/mol. The smallest absolute Gasteiger partial charge is 0.338 e. The van der Waals surface area contributed by atoms with Gasteiger partial charge in [-0.1, -0.05) is 30.3 Å². The maximum absolute atomic E-state index is 12.7. The van der Waals surface area contributed by atoms with Gasteiger partial charge >= 0.3 is 18.0 Å². The molecule has 2 aromatic heterocycles. The highest BCUT2D eigenvalue weighted by Gasteiger charge is 2.36. The Morgan fingerprint density at radius 2 is 1.89 bits per heavy atom. The molecule has 0 radical (unpaired) electrons. The van der Waals surface area contributed by atoms with Gasteiger partial charge in [-0.05, 0) is 26.0 Å². The minimum Gasteiger partial charge on any atom is -0.464 e. The molecule has 35 heavy (non-hydrogen) atoms. The molecule has 4 rings (SSSR count). The number of hydrogen-bond donors (Lipinski definition) is 2. The van der Waals surface area contributed by atoms with E-state index in [0.29, 0.717) is 23.2 Å². The minimum absolute atomic E-state index is 0.00374. The highest BCUT2D eigenvalue weighted by molar-refractivity contribution is 5.95. The van der Waals surface area contributed by atoms with Gasteiger partial charge in [0.25, 0.3) is 0 Å². The van der Waals surface area contributed by atoms with Gasteiger partial charge in [0.1, 0.15) is 24.2 Å². The number of oxazole rings is 1. The van der Waals surface area contributed by atoms with Crippen LogP contribution in [0.1, 0.15) is 36.8 Å². The van der Waals surface area contributed by atoms with Crippen LogP contribution in [0.2, 0.25) is 0 Å². The zero-order valence-corrected chi connectivity index (χ0v) is 19.3. The molecule has 0 spiro atoms. The zero-order valence-electron chi connectivity index (χ0n) is 19.3. The summed E-state index contributed by atoms with van der Waals surface area (Å²) in [4.78, 5) is 41.6. The number of aryl methyl sites for hydroxylation is 2. The van der Waals surface area contributed by atoms with Crippen molar-refractivity contribution in [3.8, 4) is 11.3 Å². The standard InChI is InChI=1S/C25H25N3O7/c1-3-32-24(30)22-17(27-25(31)28-23(22)18-10-9-15(2)34-18)14-33-21(29)12-11-20-26-13-19(35-20)16-7-5-4-6-8-16/h4-10,13,23H,3,11-12,14H2,1-2H3,(H2,27,28,31)/t23-/m0/s1. The van der Waals surface area contributed by atoms with Crippen LogP contribution in [0.25, 0.3) is 11.3 Å². The van der Waals surface area contributed by atoms with E-state index in [4.69, 9.17) is 18.3 Å². The summed E-state index contributed by atoms with van der Waals surface area (Å²) in [7, 11) is 0. The lowest BCUT2D eigenvalue weighted by molar-refractivity contribution is -0.143. The number of nitrogens with one attached hydrogen (secondary N) is 2. The Balaban J connectivity index is 1.43. The molecule has 0 aliphatic carbocycles. The van der Waals surface area contributed by atoms with Gasteiger partial charge in [-0.3, -0.25) is 4.79 Å². The number of urea groups is 1. The van der Waals surface area contributed by atoms with E-state index in [0.717, 1.165) is 5.56 Å². The minimum atomic E-state index is -0.881.